The fraction of sp³-hybridized carbons (Fsp3) is 0.455. The second-order valence-electron chi connectivity index (χ2n) is 7.82. The van der Waals surface area contributed by atoms with E-state index in [0.717, 1.165) is 18.5 Å². The highest BCUT2D eigenvalue weighted by Crippen LogP contribution is 2.32. The number of aromatic nitrogens is 4. The number of methoxy groups -OCH3 is 1. The molecule has 3 rings (SSSR count). The standard InChI is InChI=1S/C22H29N5O4/c1-7-9-15-17-18(27(5)26-15)20(28)24-19(23-17)14-12-13(10-11-16(14)31-8-2)25-22(3,4)21(29)30-6/h10-12,25H,7-9H2,1-6H3,(H,23,24,28). The molecule has 0 aliphatic heterocycles. The van der Waals surface area contributed by atoms with Crippen LogP contribution in [0.2, 0.25) is 0 Å². The number of rotatable bonds is 8. The van der Waals surface area contributed by atoms with Crippen molar-refractivity contribution in [2.75, 3.05) is 19.0 Å². The molecule has 0 fully saturated rings. The van der Waals surface area contributed by atoms with Gasteiger partial charge in [-0.05, 0) is 45.4 Å². The highest BCUT2D eigenvalue weighted by Gasteiger charge is 2.29. The lowest BCUT2D eigenvalue weighted by molar-refractivity contribution is -0.144. The Morgan fingerprint density at radius 3 is 2.68 bits per heavy atom. The summed E-state index contributed by atoms with van der Waals surface area (Å²) >= 11 is 0. The summed E-state index contributed by atoms with van der Waals surface area (Å²) in [5.74, 6) is 0.564. The van der Waals surface area contributed by atoms with Gasteiger partial charge in [-0.25, -0.2) is 9.78 Å². The number of anilines is 1. The van der Waals surface area contributed by atoms with Crippen molar-refractivity contribution in [1.82, 2.24) is 19.7 Å². The van der Waals surface area contributed by atoms with Gasteiger partial charge in [0, 0.05) is 12.7 Å². The molecule has 0 aliphatic carbocycles. The maximum absolute atomic E-state index is 12.8. The number of benzene rings is 1. The molecule has 9 heteroatoms. The molecular weight excluding hydrogens is 398 g/mol. The van der Waals surface area contributed by atoms with Gasteiger partial charge >= 0.3 is 5.97 Å². The van der Waals surface area contributed by atoms with Gasteiger partial charge < -0.3 is 19.8 Å². The van der Waals surface area contributed by atoms with Crippen molar-refractivity contribution >= 4 is 22.7 Å². The predicted octanol–water partition coefficient (Wildman–Crippen LogP) is 3.04. The molecule has 0 aliphatic rings. The topological polar surface area (TPSA) is 111 Å². The molecule has 0 saturated heterocycles. The van der Waals surface area contributed by atoms with Crippen molar-refractivity contribution < 1.29 is 14.3 Å². The number of ether oxygens (including phenoxy) is 2. The van der Waals surface area contributed by atoms with Crippen molar-refractivity contribution in [3.05, 3.63) is 34.2 Å². The number of hydrogen-bond donors (Lipinski definition) is 2. The first-order valence-electron chi connectivity index (χ1n) is 10.3. The van der Waals surface area contributed by atoms with Crippen LogP contribution in [0.3, 0.4) is 0 Å². The van der Waals surface area contributed by atoms with Crippen LogP contribution in [0.4, 0.5) is 5.69 Å². The molecule has 0 saturated carbocycles. The van der Waals surface area contributed by atoms with Gasteiger partial charge in [-0.1, -0.05) is 13.3 Å². The minimum atomic E-state index is -0.943. The van der Waals surface area contributed by atoms with E-state index in [1.807, 2.05) is 13.0 Å². The summed E-state index contributed by atoms with van der Waals surface area (Å²) in [5, 5.41) is 7.64. The lowest BCUT2D eigenvalue weighted by Crippen LogP contribution is -2.41. The second kappa shape index (κ2) is 8.79. The molecule has 1 aromatic carbocycles. The molecule has 0 bridgehead atoms. The molecule has 2 aromatic heterocycles. The highest BCUT2D eigenvalue weighted by molar-refractivity contribution is 5.84. The highest BCUT2D eigenvalue weighted by atomic mass is 16.5. The third-order valence-electron chi connectivity index (χ3n) is 4.94. The van der Waals surface area contributed by atoms with E-state index in [1.165, 1.54) is 7.11 Å². The van der Waals surface area contributed by atoms with Crippen molar-refractivity contribution in [2.45, 2.75) is 46.1 Å². The number of carbonyl (C=O) groups is 1. The van der Waals surface area contributed by atoms with E-state index in [-0.39, 0.29) is 5.56 Å². The van der Waals surface area contributed by atoms with Gasteiger partial charge in [0.05, 0.1) is 25.0 Å². The monoisotopic (exact) mass is 427 g/mol. The summed E-state index contributed by atoms with van der Waals surface area (Å²) in [5.41, 5.74) is 1.86. The van der Waals surface area contributed by atoms with E-state index in [2.05, 4.69) is 22.3 Å². The Kier molecular flexibility index (Phi) is 6.33. The lowest BCUT2D eigenvalue weighted by Gasteiger charge is -2.25. The number of aromatic amines is 1. The summed E-state index contributed by atoms with van der Waals surface area (Å²) in [7, 11) is 3.09. The lowest BCUT2D eigenvalue weighted by atomic mass is 10.0. The van der Waals surface area contributed by atoms with Crippen LogP contribution in [0.5, 0.6) is 5.75 Å². The van der Waals surface area contributed by atoms with E-state index >= 15 is 0 Å². The van der Waals surface area contributed by atoms with Gasteiger partial charge in [-0.3, -0.25) is 9.48 Å². The zero-order valence-corrected chi connectivity index (χ0v) is 18.8. The Morgan fingerprint density at radius 2 is 2.03 bits per heavy atom. The minimum Gasteiger partial charge on any atom is -0.493 e. The molecule has 2 heterocycles. The zero-order valence-electron chi connectivity index (χ0n) is 18.8. The van der Waals surface area contributed by atoms with Crippen molar-refractivity contribution in [3.63, 3.8) is 0 Å². The smallest absolute Gasteiger partial charge is 0.330 e. The maximum atomic E-state index is 12.8. The Hall–Kier alpha value is -3.36. The van der Waals surface area contributed by atoms with Gasteiger partial charge in [0.2, 0.25) is 0 Å². The molecular formula is C22H29N5O4. The summed E-state index contributed by atoms with van der Waals surface area (Å²) in [4.78, 5) is 32.5. The van der Waals surface area contributed by atoms with E-state index < -0.39 is 11.5 Å². The van der Waals surface area contributed by atoms with Crippen LogP contribution in [-0.4, -0.2) is 45.0 Å². The number of hydrogen-bond acceptors (Lipinski definition) is 7. The van der Waals surface area contributed by atoms with Crippen molar-refractivity contribution in [3.8, 4) is 17.1 Å². The van der Waals surface area contributed by atoms with E-state index in [1.54, 1.807) is 37.7 Å². The Morgan fingerprint density at radius 1 is 1.29 bits per heavy atom. The number of esters is 1. The number of fused-ring (bicyclic) bond motifs is 1. The maximum Gasteiger partial charge on any atom is 0.330 e. The fourth-order valence-corrected chi connectivity index (χ4v) is 3.52. The number of nitrogens with one attached hydrogen (secondary N) is 2. The Labute approximate surface area is 180 Å². The van der Waals surface area contributed by atoms with Crippen LogP contribution in [0.1, 0.15) is 39.8 Å². The van der Waals surface area contributed by atoms with Gasteiger partial charge in [-0.15, -0.1) is 0 Å². The van der Waals surface area contributed by atoms with Gasteiger partial charge in [0.15, 0.2) is 5.52 Å². The SMILES string of the molecule is CCCc1nn(C)c2c(=O)[nH]c(-c3cc(NC(C)(C)C(=O)OC)ccc3OCC)nc12. The number of nitrogens with zero attached hydrogens (tertiary/aromatic N) is 3. The first-order chi connectivity index (χ1) is 14.7. The van der Waals surface area contributed by atoms with E-state index in [0.29, 0.717) is 40.5 Å². The van der Waals surface area contributed by atoms with E-state index in [9.17, 15) is 9.59 Å². The number of aryl methyl sites for hydroxylation is 2. The average molecular weight is 428 g/mol. The van der Waals surface area contributed by atoms with Crippen LogP contribution in [0, 0.1) is 0 Å². The van der Waals surface area contributed by atoms with Crippen LogP contribution in [0.25, 0.3) is 22.4 Å². The third kappa shape index (κ3) is 4.40. The van der Waals surface area contributed by atoms with Crippen LogP contribution in [0.15, 0.2) is 23.0 Å². The molecule has 166 valence electrons. The van der Waals surface area contributed by atoms with Crippen LogP contribution >= 0.6 is 0 Å². The molecule has 0 spiro atoms. The first kappa shape index (κ1) is 22.3. The summed E-state index contributed by atoms with van der Waals surface area (Å²) in [6, 6.07) is 5.40. The molecule has 0 amide bonds. The first-order valence-corrected chi connectivity index (χ1v) is 10.3. The molecule has 2 N–H and O–H groups in total. The molecule has 3 aromatic rings. The molecule has 0 unspecified atom stereocenters. The Bertz CT molecular complexity index is 1160. The zero-order chi connectivity index (χ0) is 22.8. The van der Waals surface area contributed by atoms with Crippen molar-refractivity contribution in [2.24, 2.45) is 7.05 Å². The van der Waals surface area contributed by atoms with E-state index in [4.69, 9.17) is 14.5 Å². The molecule has 0 radical (unpaired) electrons. The van der Waals surface area contributed by atoms with Gasteiger partial charge in [0.25, 0.3) is 5.56 Å². The average Bonchev–Trinajstić information content (AvgIpc) is 3.04. The largest absolute Gasteiger partial charge is 0.493 e. The predicted molar refractivity (Wildman–Crippen MR) is 119 cm³/mol. The normalized spacial score (nSPS) is 11.5. The van der Waals surface area contributed by atoms with Crippen LogP contribution < -0.4 is 15.6 Å². The summed E-state index contributed by atoms with van der Waals surface area (Å²) < 4.78 is 12.2. The third-order valence-corrected chi connectivity index (χ3v) is 4.94. The van der Waals surface area contributed by atoms with Crippen molar-refractivity contribution in [1.29, 1.82) is 0 Å². The van der Waals surface area contributed by atoms with Gasteiger partial charge in [-0.2, -0.15) is 5.10 Å². The van der Waals surface area contributed by atoms with Gasteiger partial charge in [0.1, 0.15) is 22.6 Å². The summed E-state index contributed by atoms with van der Waals surface area (Å²) in [6.45, 7) is 7.85. The molecule has 31 heavy (non-hydrogen) atoms. The van der Waals surface area contributed by atoms with Crippen LogP contribution in [-0.2, 0) is 23.0 Å². The number of H-pyrrole nitrogens is 1. The quantitative estimate of drug-likeness (QED) is 0.532. The minimum absolute atomic E-state index is 0.270. The molecule has 9 nitrogen and oxygen atoms in total. The summed E-state index contributed by atoms with van der Waals surface area (Å²) in [6.07, 6.45) is 1.61. The Balaban J connectivity index is 2.16. The second-order valence-corrected chi connectivity index (χ2v) is 7.82. The fourth-order valence-electron chi connectivity index (χ4n) is 3.52. The number of carbonyl (C=O) groups excluding carboxylic acids is 1. The molecule has 0 atom stereocenters.